The molecular formula is C61H40N2O2. The van der Waals surface area contributed by atoms with Gasteiger partial charge in [0.2, 0.25) is 11.8 Å². The molecule has 0 amide bonds. The third-order valence-electron chi connectivity index (χ3n) is 13.6. The fourth-order valence-electron chi connectivity index (χ4n) is 10.3. The first kappa shape index (κ1) is 37.2. The van der Waals surface area contributed by atoms with Crippen molar-refractivity contribution in [1.29, 1.82) is 0 Å². The van der Waals surface area contributed by atoms with Crippen molar-refractivity contribution in [3.8, 4) is 78.5 Å². The van der Waals surface area contributed by atoms with Gasteiger partial charge in [0.1, 0.15) is 11.0 Å². The third kappa shape index (κ3) is 5.98. The van der Waals surface area contributed by atoms with Gasteiger partial charge >= 0.3 is 0 Å². The number of oxazole rings is 2. The van der Waals surface area contributed by atoms with Crippen molar-refractivity contribution in [2.45, 2.75) is 19.3 Å². The van der Waals surface area contributed by atoms with Gasteiger partial charge in [0.05, 0.1) is 0 Å². The van der Waals surface area contributed by atoms with E-state index < -0.39 is 0 Å². The number of nitrogens with zero attached hydrogens (tertiary/aromatic N) is 2. The molecule has 2 heterocycles. The average Bonchev–Trinajstić information content (AvgIpc) is 4.06. The summed E-state index contributed by atoms with van der Waals surface area (Å²) in [5, 5.41) is 4.42. The summed E-state index contributed by atoms with van der Waals surface area (Å²) in [4.78, 5) is 9.81. The van der Waals surface area contributed by atoms with Crippen LogP contribution in [0.4, 0.5) is 0 Å². The quantitative estimate of drug-likeness (QED) is 0.167. The fraction of sp³-hybridized carbons (Fsp3) is 0.0492. The number of para-hydroxylation sites is 4. The molecule has 306 valence electrons. The Morgan fingerprint density at radius 1 is 0.308 bits per heavy atom. The summed E-state index contributed by atoms with van der Waals surface area (Å²) in [5.74, 6) is 1.23. The molecule has 0 fully saturated rings. The van der Waals surface area contributed by atoms with Gasteiger partial charge in [0.15, 0.2) is 11.2 Å². The number of benzene rings is 10. The maximum absolute atomic E-state index is 6.34. The molecule has 1 aliphatic carbocycles. The molecule has 0 N–H and O–H groups in total. The molecule has 13 rings (SSSR count). The van der Waals surface area contributed by atoms with Gasteiger partial charge in [0, 0.05) is 16.5 Å². The number of hydrogen-bond donors (Lipinski definition) is 0. The lowest BCUT2D eigenvalue weighted by atomic mass is 9.81. The van der Waals surface area contributed by atoms with E-state index in [1.807, 2.05) is 48.5 Å². The highest BCUT2D eigenvalue weighted by Crippen LogP contribution is 2.50. The van der Waals surface area contributed by atoms with Crippen LogP contribution in [0.2, 0.25) is 0 Å². The van der Waals surface area contributed by atoms with Crippen LogP contribution in [0.25, 0.3) is 122 Å². The van der Waals surface area contributed by atoms with Gasteiger partial charge in [-0.1, -0.05) is 153 Å². The van der Waals surface area contributed by atoms with Crippen molar-refractivity contribution in [1.82, 2.24) is 9.97 Å². The highest BCUT2D eigenvalue weighted by atomic mass is 16.4. The van der Waals surface area contributed by atoms with Crippen molar-refractivity contribution >= 4 is 43.7 Å². The van der Waals surface area contributed by atoms with E-state index in [9.17, 15) is 0 Å². The molecule has 12 aromatic rings. The maximum atomic E-state index is 6.34. The Balaban J connectivity index is 0.993. The Bertz CT molecular complexity index is 3640. The standard InChI is InChI=1S/C61H40N2O2/c1-61(2)53-21-8-7-20-49(53)50-27-26-39(36-54(50)61)37-14-13-15-38(32-37)40-33-41(43-28-30-51(47-18-5-3-16-45(43)47)59-62-55-22-9-11-24-57(55)64-59)35-42(34-40)44-29-31-52(48-19-6-4-17-46(44)48)60-63-56-23-10-12-25-58(56)65-60/h3-36H,1-2H3. The van der Waals surface area contributed by atoms with Crippen LogP contribution >= 0.6 is 0 Å². The number of aromatic nitrogens is 2. The van der Waals surface area contributed by atoms with Crippen LogP contribution in [0.1, 0.15) is 25.0 Å². The zero-order valence-corrected chi connectivity index (χ0v) is 35.8. The van der Waals surface area contributed by atoms with E-state index >= 15 is 0 Å². The van der Waals surface area contributed by atoms with Gasteiger partial charge in [-0.25, -0.2) is 9.97 Å². The van der Waals surface area contributed by atoms with Crippen LogP contribution in [0.15, 0.2) is 215 Å². The van der Waals surface area contributed by atoms with Gasteiger partial charge in [0.25, 0.3) is 0 Å². The van der Waals surface area contributed by atoms with Crippen LogP contribution in [-0.4, -0.2) is 9.97 Å². The van der Waals surface area contributed by atoms with Gasteiger partial charge in [-0.2, -0.15) is 0 Å². The molecule has 0 aliphatic heterocycles. The Morgan fingerprint density at radius 2 is 0.723 bits per heavy atom. The Kier molecular flexibility index (Phi) is 8.22. The lowest BCUT2D eigenvalue weighted by Gasteiger charge is -2.22. The first-order chi connectivity index (χ1) is 31.9. The molecule has 0 spiro atoms. The molecule has 0 radical (unpaired) electrons. The normalized spacial score (nSPS) is 12.9. The molecule has 65 heavy (non-hydrogen) atoms. The zero-order chi connectivity index (χ0) is 43.2. The Morgan fingerprint density at radius 3 is 1.31 bits per heavy atom. The second-order valence-corrected chi connectivity index (χ2v) is 17.7. The minimum atomic E-state index is -0.0830. The van der Waals surface area contributed by atoms with Gasteiger partial charge < -0.3 is 8.83 Å². The first-order valence-electron chi connectivity index (χ1n) is 22.2. The monoisotopic (exact) mass is 832 g/mol. The van der Waals surface area contributed by atoms with Crippen LogP contribution in [0.5, 0.6) is 0 Å². The largest absolute Gasteiger partial charge is 0.436 e. The molecule has 10 aromatic carbocycles. The highest BCUT2D eigenvalue weighted by Gasteiger charge is 2.35. The lowest BCUT2D eigenvalue weighted by molar-refractivity contribution is 0.620. The topological polar surface area (TPSA) is 52.1 Å². The molecular weight excluding hydrogens is 793 g/mol. The summed E-state index contributed by atoms with van der Waals surface area (Å²) in [6.45, 7) is 4.69. The molecule has 2 aromatic heterocycles. The maximum Gasteiger partial charge on any atom is 0.227 e. The molecule has 0 bridgehead atoms. The minimum absolute atomic E-state index is 0.0830. The molecule has 0 atom stereocenters. The first-order valence-corrected chi connectivity index (χ1v) is 22.2. The minimum Gasteiger partial charge on any atom is -0.436 e. The van der Waals surface area contributed by atoms with E-state index in [0.717, 1.165) is 88.3 Å². The van der Waals surface area contributed by atoms with E-state index in [1.165, 1.54) is 33.4 Å². The van der Waals surface area contributed by atoms with E-state index in [-0.39, 0.29) is 5.41 Å². The fourth-order valence-corrected chi connectivity index (χ4v) is 10.3. The van der Waals surface area contributed by atoms with Gasteiger partial charge in [-0.3, -0.25) is 0 Å². The Hall–Kier alpha value is -8.34. The number of rotatable bonds is 6. The highest BCUT2D eigenvalue weighted by molar-refractivity contribution is 6.08. The summed E-state index contributed by atoms with van der Waals surface area (Å²) in [5.41, 5.74) is 19.7. The molecule has 1 aliphatic rings. The molecule has 0 saturated carbocycles. The predicted octanol–water partition coefficient (Wildman–Crippen LogP) is 16.6. The number of fused-ring (bicyclic) bond motifs is 7. The Labute approximate surface area is 376 Å². The zero-order valence-electron chi connectivity index (χ0n) is 35.8. The summed E-state index contributed by atoms with van der Waals surface area (Å²) < 4.78 is 12.7. The van der Waals surface area contributed by atoms with Crippen molar-refractivity contribution in [2.75, 3.05) is 0 Å². The average molecular weight is 833 g/mol. The summed E-state index contributed by atoms with van der Waals surface area (Å²) >= 11 is 0. The van der Waals surface area contributed by atoms with E-state index in [0.29, 0.717) is 11.8 Å². The van der Waals surface area contributed by atoms with E-state index in [1.54, 1.807) is 0 Å². The third-order valence-corrected chi connectivity index (χ3v) is 13.6. The second kappa shape index (κ2) is 14.3. The summed E-state index contributed by atoms with van der Waals surface area (Å²) in [7, 11) is 0. The van der Waals surface area contributed by atoms with E-state index in [2.05, 4.69) is 172 Å². The van der Waals surface area contributed by atoms with Crippen molar-refractivity contribution < 1.29 is 8.83 Å². The molecule has 0 saturated heterocycles. The molecule has 0 unspecified atom stereocenters. The smallest absolute Gasteiger partial charge is 0.227 e. The lowest BCUT2D eigenvalue weighted by Crippen LogP contribution is -2.14. The van der Waals surface area contributed by atoms with Crippen molar-refractivity contribution in [2.24, 2.45) is 0 Å². The van der Waals surface area contributed by atoms with E-state index in [4.69, 9.17) is 18.8 Å². The van der Waals surface area contributed by atoms with Crippen LogP contribution in [0.3, 0.4) is 0 Å². The molecule has 4 nitrogen and oxygen atoms in total. The second-order valence-electron chi connectivity index (χ2n) is 17.7. The van der Waals surface area contributed by atoms with Crippen molar-refractivity contribution in [3.05, 3.63) is 217 Å². The van der Waals surface area contributed by atoms with Crippen LogP contribution in [0, 0.1) is 0 Å². The summed E-state index contributed by atoms with van der Waals surface area (Å²) in [6, 6.07) is 73.7. The predicted molar refractivity (Wildman–Crippen MR) is 267 cm³/mol. The van der Waals surface area contributed by atoms with Crippen LogP contribution in [-0.2, 0) is 5.41 Å². The number of hydrogen-bond acceptors (Lipinski definition) is 4. The molecule has 4 heteroatoms. The van der Waals surface area contributed by atoms with Crippen LogP contribution < -0.4 is 0 Å². The summed E-state index contributed by atoms with van der Waals surface area (Å²) in [6.07, 6.45) is 0. The van der Waals surface area contributed by atoms with Gasteiger partial charge in [-0.15, -0.1) is 0 Å². The van der Waals surface area contributed by atoms with Gasteiger partial charge in [-0.05, 0) is 155 Å². The van der Waals surface area contributed by atoms with Crippen molar-refractivity contribution in [3.63, 3.8) is 0 Å². The SMILES string of the molecule is CC1(C)c2ccccc2-c2ccc(-c3cccc(-c4cc(-c5ccc(-c6nc7ccccc7o6)c6ccccc56)cc(-c5ccc(-c6nc7ccccc7o6)c6ccccc56)c4)c3)cc21.